The summed E-state index contributed by atoms with van der Waals surface area (Å²) in [4.78, 5) is 10.2. The molecule has 0 aliphatic heterocycles. The van der Waals surface area contributed by atoms with Gasteiger partial charge in [-0.15, -0.1) is 12.4 Å². The smallest absolute Gasteiger partial charge is 0.304 e. The van der Waals surface area contributed by atoms with Crippen LogP contribution in [0.5, 0.6) is 0 Å². The minimum Gasteiger partial charge on any atom is -0.481 e. The predicted molar refractivity (Wildman–Crippen MR) is 67.7 cm³/mol. The van der Waals surface area contributed by atoms with Crippen LogP contribution in [0.3, 0.4) is 0 Å². The highest BCUT2D eigenvalue weighted by Gasteiger charge is 2.01. The number of aliphatic carboxylic acids is 1. The average molecular weight is 285 g/mol. The Bertz CT molecular complexity index is 358. The van der Waals surface area contributed by atoms with Crippen molar-refractivity contribution in [1.29, 1.82) is 0 Å². The Morgan fingerprint density at radius 2 is 2.06 bits per heavy atom. The SMILES string of the molecule is Cl.O=C(O)CCNCc1ccc(Cl)cc1Cl. The zero-order chi connectivity index (χ0) is 11.3. The predicted octanol–water partition coefficient (Wildman–Crippen LogP) is 2.98. The molecule has 0 fully saturated rings. The van der Waals surface area contributed by atoms with Gasteiger partial charge < -0.3 is 10.4 Å². The summed E-state index contributed by atoms with van der Waals surface area (Å²) in [6.45, 7) is 0.970. The molecular weight excluding hydrogens is 272 g/mol. The van der Waals surface area contributed by atoms with E-state index in [0.29, 0.717) is 23.1 Å². The maximum absolute atomic E-state index is 10.2. The maximum Gasteiger partial charge on any atom is 0.304 e. The van der Waals surface area contributed by atoms with Crippen LogP contribution in [0.15, 0.2) is 18.2 Å². The Labute approximate surface area is 110 Å². The van der Waals surface area contributed by atoms with Gasteiger partial charge in [-0.25, -0.2) is 0 Å². The summed E-state index contributed by atoms with van der Waals surface area (Å²) in [6, 6.07) is 5.23. The molecule has 1 aromatic rings. The molecule has 0 aliphatic rings. The number of carbonyl (C=O) groups is 1. The van der Waals surface area contributed by atoms with Crippen LogP contribution >= 0.6 is 35.6 Å². The molecule has 0 amide bonds. The molecule has 1 aromatic carbocycles. The van der Waals surface area contributed by atoms with E-state index in [9.17, 15) is 4.79 Å². The number of hydrogen-bond donors (Lipinski definition) is 2. The molecule has 0 unspecified atom stereocenters. The third kappa shape index (κ3) is 5.56. The molecule has 0 saturated heterocycles. The van der Waals surface area contributed by atoms with Crippen LogP contribution in [-0.2, 0) is 11.3 Å². The molecule has 0 saturated carbocycles. The molecule has 0 atom stereocenters. The molecule has 2 N–H and O–H groups in total. The first-order chi connectivity index (χ1) is 7.09. The van der Waals surface area contributed by atoms with Gasteiger partial charge in [-0.2, -0.15) is 0 Å². The molecule has 1 rings (SSSR count). The highest BCUT2D eigenvalue weighted by atomic mass is 35.5. The quantitative estimate of drug-likeness (QED) is 0.817. The van der Waals surface area contributed by atoms with Gasteiger partial charge in [-0.3, -0.25) is 4.79 Å². The zero-order valence-electron chi connectivity index (χ0n) is 8.37. The Kier molecular flexibility index (Phi) is 7.51. The lowest BCUT2D eigenvalue weighted by atomic mass is 10.2. The van der Waals surface area contributed by atoms with E-state index in [1.165, 1.54) is 0 Å². The first-order valence-corrected chi connectivity index (χ1v) is 5.21. The first kappa shape index (κ1) is 15.5. The summed E-state index contributed by atoms with van der Waals surface area (Å²) in [5.41, 5.74) is 0.909. The molecule has 0 aromatic heterocycles. The van der Waals surface area contributed by atoms with Crippen LogP contribution in [-0.4, -0.2) is 17.6 Å². The van der Waals surface area contributed by atoms with Gasteiger partial charge in [0, 0.05) is 23.1 Å². The van der Waals surface area contributed by atoms with Crippen LogP contribution in [0.25, 0.3) is 0 Å². The van der Waals surface area contributed by atoms with Crippen molar-refractivity contribution in [2.75, 3.05) is 6.54 Å². The van der Waals surface area contributed by atoms with Gasteiger partial charge in [0.2, 0.25) is 0 Å². The highest BCUT2D eigenvalue weighted by Crippen LogP contribution is 2.20. The standard InChI is InChI=1S/C10H11Cl2NO2.ClH/c11-8-2-1-7(9(12)5-8)6-13-4-3-10(14)15;/h1-2,5,13H,3-4,6H2,(H,14,15);1H. The van der Waals surface area contributed by atoms with E-state index in [1.807, 2.05) is 6.07 Å². The van der Waals surface area contributed by atoms with E-state index in [0.717, 1.165) is 5.56 Å². The zero-order valence-corrected chi connectivity index (χ0v) is 10.7. The summed E-state index contributed by atoms with van der Waals surface area (Å²) in [5.74, 6) is -0.815. The van der Waals surface area contributed by atoms with Crippen molar-refractivity contribution < 1.29 is 9.90 Å². The van der Waals surface area contributed by atoms with Crippen molar-refractivity contribution >= 4 is 41.6 Å². The Balaban J connectivity index is 0.00000225. The van der Waals surface area contributed by atoms with Gasteiger partial charge in [0.1, 0.15) is 0 Å². The molecule has 0 heterocycles. The topological polar surface area (TPSA) is 49.3 Å². The van der Waals surface area contributed by atoms with Crippen molar-refractivity contribution in [1.82, 2.24) is 5.32 Å². The van der Waals surface area contributed by atoms with E-state index in [4.69, 9.17) is 28.3 Å². The lowest BCUT2D eigenvalue weighted by Crippen LogP contribution is -2.17. The molecule has 0 bridgehead atoms. The van der Waals surface area contributed by atoms with Gasteiger partial charge in [0.15, 0.2) is 0 Å². The van der Waals surface area contributed by atoms with Gasteiger partial charge in [-0.1, -0.05) is 29.3 Å². The van der Waals surface area contributed by atoms with Crippen molar-refractivity contribution in [2.24, 2.45) is 0 Å². The highest BCUT2D eigenvalue weighted by molar-refractivity contribution is 6.35. The second kappa shape index (κ2) is 7.74. The lowest BCUT2D eigenvalue weighted by Gasteiger charge is -2.05. The van der Waals surface area contributed by atoms with Crippen molar-refractivity contribution in [2.45, 2.75) is 13.0 Å². The molecule has 90 valence electrons. The lowest BCUT2D eigenvalue weighted by molar-refractivity contribution is -0.136. The minimum atomic E-state index is -0.815. The van der Waals surface area contributed by atoms with Crippen LogP contribution in [0.4, 0.5) is 0 Å². The largest absolute Gasteiger partial charge is 0.481 e. The van der Waals surface area contributed by atoms with Crippen LogP contribution < -0.4 is 5.32 Å². The number of nitrogens with one attached hydrogen (secondary N) is 1. The average Bonchev–Trinajstić information content (AvgIpc) is 2.14. The molecule has 0 aliphatic carbocycles. The Morgan fingerprint density at radius 1 is 1.38 bits per heavy atom. The third-order valence-corrected chi connectivity index (χ3v) is 2.43. The monoisotopic (exact) mass is 283 g/mol. The Hall–Kier alpha value is -0.480. The van der Waals surface area contributed by atoms with Gasteiger partial charge >= 0.3 is 5.97 Å². The molecule has 0 spiro atoms. The summed E-state index contributed by atoms with van der Waals surface area (Å²) >= 11 is 11.7. The van der Waals surface area contributed by atoms with E-state index >= 15 is 0 Å². The normalized spacial score (nSPS) is 9.62. The molecule has 0 radical (unpaired) electrons. The van der Waals surface area contributed by atoms with Gasteiger partial charge in [-0.05, 0) is 17.7 Å². The Morgan fingerprint density at radius 3 is 2.62 bits per heavy atom. The van der Waals surface area contributed by atoms with Gasteiger partial charge in [0.25, 0.3) is 0 Å². The first-order valence-electron chi connectivity index (χ1n) is 4.46. The fourth-order valence-electron chi connectivity index (χ4n) is 1.08. The maximum atomic E-state index is 10.2. The summed E-state index contributed by atoms with van der Waals surface area (Å²) in [7, 11) is 0. The summed E-state index contributed by atoms with van der Waals surface area (Å²) < 4.78 is 0. The van der Waals surface area contributed by atoms with E-state index < -0.39 is 5.97 Å². The van der Waals surface area contributed by atoms with E-state index in [2.05, 4.69) is 5.32 Å². The van der Waals surface area contributed by atoms with Gasteiger partial charge in [0.05, 0.1) is 6.42 Å². The number of carboxylic acids is 1. The molecular formula is C10H12Cl3NO2. The van der Waals surface area contributed by atoms with Crippen molar-refractivity contribution in [3.63, 3.8) is 0 Å². The fourth-order valence-corrected chi connectivity index (χ4v) is 1.56. The number of hydrogen-bond acceptors (Lipinski definition) is 2. The van der Waals surface area contributed by atoms with Crippen LogP contribution in [0.1, 0.15) is 12.0 Å². The number of carboxylic acid groups (broad SMARTS) is 1. The van der Waals surface area contributed by atoms with Crippen molar-refractivity contribution in [3.05, 3.63) is 33.8 Å². The van der Waals surface area contributed by atoms with Crippen LogP contribution in [0.2, 0.25) is 10.0 Å². The third-order valence-electron chi connectivity index (χ3n) is 1.85. The number of halogens is 3. The second-order valence-corrected chi connectivity index (χ2v) is 3.90. The molecule has 6 heteroatoms. The molecule has 16 heavy (non-hydrogen) atoms. The summed E-state index contributed by atoms with van der Waals surface area (Å²) in [6.07, 6.45) is 0.102. The van der Waals surface area contributed by atoms with Crippen molar-refractivity contribution in [3.8, 4) is 0 Å². The minimum absolute atomic E-state index is 0. The number of rotatable bonds is 5. The van der Waals surface area contributed by atoms with Crippen LogP contribution in [0, 0.1) is 0 Å². The van der Waals surface area contributed by atoms with E-state index in [-0.39, 0.29) is 18.8 Å². The number of benzene rings is 1. The van der Waals surface area contributed by atoms with E-state index in [1.54, 1.807) is 12.1 Å². The summed E-state index contributed by atoms with van der Waals surface area (Å²) in [5, 5.41) is 12.6. The molecule has 3 nitrogen and oxygen atoms in total. The fraction of sp³-hybridized carbons (Fsp3) is 0.300. The second-order valence-electron chi connectivity index (χ2n) is 3.06.